The molecule has 1 N–H and O–H groups in total. The highest BCUT2D eigenvalue weighted by Gasteiger charge is 2.13. The van der Waals surface area contributed by atoms with Crippen LogP contribution in [0.3, 0.4) is 0 Å². The van der Waals surface area contributed by atoms with Crippen LogP contribution in [0.2, 0.25) is 15.1 Å². The third-order valence-corrected chi connectivity index (χ3v) is 5.45. The smallest absolute Gasteiger partial charge is 0.175 e. The average molecular weight is 502 g/mol. The zero-order chi connectivity index (χ0) is 20.1. The minimum atomic E-state index is 0.299. The van der Waals surface area contributed by atoms with Gasteiger partial charge in [-0.1, -0.05) is 40.9 Å². The first-order valence-corrected chi connectivity index (χ1v) is 10.3. The second kappa shape index (κ2) is 9.75. The summed E-state index contributed by atoms with van der Waals surface area (Å²) in [6.45, 7) is 0.924. The molecule has 0 saturated heterocycles. The highest BCUT2D eigenvalue weighted by Crippen LogP contribution is 2.38. The summed E-state index contributed by atoms with van der Waals surface area (Å²) in [5.41, 5.74) is 2.86. The molecule has 3 aromatic carbocycles. The first-order valence-electron chi connectivity index (χ1n) is 8.39. The molecule has 146 valence electrons. The summed E-state index contributed by atoms with van der Waals surface area (Å²) in [4.78, 5) is 0. The van der Waals surface area contributed by atoms with Crippen molar-refractivity contribution in [2.45, 2.75) is 13.2 Å². The number of ether oxygens (including phenoxy) is 2. The zero-order valence-corrected chi connectivity index (χ0v) is 18.8. The Balaban J connectivity index is 1.72. The van der Waals surface area contributed by atoms with Crippen LogP contribution in [0.5, 0.6) is 11.5 Å². The lowest BCUT2D eigenvalue weighted by Crippen LogP contribution is -2.03. The molecule has 0 amide bonds. The fourth-order valence-electron chi connectivity index (χ4n) is 2.58. The van der Waals surface area contributed by atoms with Crippen LogP contribution in [0, 0.1) is 0 Å². The Kier molecular flexibility index (Phi) is 7.36. The molecule has 0 unspecified atom stereocenters. The Hall–Kier alpha value is -1.59. The molecule has 0 fully saturated rings. The summed E-state index contributed by atoms with van der Waals surface area (Å²) < 4.78 is 12.3. The van der Waals surface area contributed by atoms with E-state index in [-0.39, 0.29) is 0 Å². The molecule has 3 nitrogen and oxygen atoms in total. The van der Waals surface area contributed by atoms with Crippen molar-refractivity contribution in [3.05, 3.63) is 85.3 Å². The van der Waals surface area contributed by atoms with Crippen molar-refractivity contribution < 1.29 is 9.47 Å². The van der Waals surface area contributed by atoms with E-state index in [9.17, 15) is 0 Å². The third-order valence-electron chi connectivity index (χ3n) is 4.02. The average Bonchev–Trinajstić information content (AvgIpc) is 2.67. The number of hydrogen-bond donors (Lipinski definition) is 1. The van der Waals surface area contributed by atoms with Crippen molar-refractivity contribution in [3.8, 4) is 11.5 Å². The van der Waals surface area contributed by atoms with Crippen molar-refractivity contribution in [3.63, 3.8) is 0 Å². The van der Waals surface area contributed by atoms with Gasteiger partial charge in [-0.15, -0.1) is 0 Å². The van der Waals surface area contributed by atoms with Crippen LogP contribution in [-0.4, -0.2) is 7.11 Å². The minimum absolute atomic E-state index is 0.299. The van der Waals surface area contributed by atoms with E-state index in [1.54, 1.807) is 19.2 Å². The largest absolute Gasteiger partial charge is 0.493 e. The third kappa shape index (κ3) is 5.48. The van der Waals surface area contributed by atoms with Crippen LogP contribution >= 0.6 is 50.7 Å². The SMILES string of the molecule is COc1cc(CNc2ccc(Cl)cc2)cc(Br)c1OCc1ccc(Cl)cc1Cl. The number of hydrogen-bond acceptors (Lipinski definition) is 3. The predicted molar refractivity (Wildman–Crippen MR) is 120 cm³/mol. The first kappa shape index (κ1) is 21.1. The molecule has 28 heavy (non-hydrogen) atoms. The number of rotatable bonds is 7. The molecule has 0 bridgehead atoms. The number of nitrogens with one attached hydrogen (secondary N) is 1. The van der Waals surface area contributed by atoms with Gasteiger partial charge in [-0.25, -0.2) is 0 Å². The molecule has 0 spiro atoms. The fraction of sp³-hybridized carbons (Fsp3) is 0.143. The molecule has 0 atom stereocenters. The van der Waals surface area contributed by atoms with Crippen LogP contribution in [0.1, 0.15) is 11.1 Å². The summed E-state index contributed by atoms with van der Waals surface area (Å²) in [5.74, 6) is 1.25. The van der Waals surface area contributed by atoms with E-state index in [1.807, 2.05) is 42.5 Å². The Bertz CT molecular complexity index is 965. The van der Waals surface area contributed by atoms with Gasteiger partial charge in [0.25, 0.3) is 0 Å². The van der Waals surface area contributed by atoms with E-state index < -0.39 is 0 Å². The molecule has 0 aliphatic heterocycles. The van der Waals surface area contributed by atoms with Crippen molar-refractivity contribution >= 4 is 56.4 Å². The van der Waals surface area contributed by atoms with Gasteiger partial charge in [-0.05, 0) is 70.0 Å². The van der Waals surface area contributed by atoms with Gasteiger partial charge in [0.15, 0.2) is 11.5 Å². The van der Waals surface area contributed by atoms with Gasteiger partial charge in [-0.3, -0.25) is 0 Å². The summed E-state index contributed by atoms with van der Waals surface area (Å²) in [6, 6.07) is 16.8. The van der Waals surface area contributed by atoms with Gasteiger partial charge >= 0.3 is 0 Å². The molecule has 3 rings (SSSR count). The maximum atomic E-state index is 6.22. The van der Waals surface area contributed by atoms with E-state index >= 15 is 0 Å². The molecule has 0 saturated carbocycles. The summed E-state index contributed by atoms with van der Waals surface area (Å²) in [5, 5.41) is 5.21. The predicted octanol–water partition coefficient (Wildman–Crippen LogP) is 7.61. The second-order valence-electron chi connectivity index (χ2n) is 5.99. The van der Waals surface area contributed by atoms with Crippen LogP contribution in [0.15, 0.2) is 59.1 Å². The number of anilines is 1. The maximum absolute atomic E-state index is 6.22. The van der Waals surface area contributed by atoms with Crippen molar-refractivity contribution in [1.29, 1.82) is 0 Å². The van der Waals surface area contributed by atoms with E-state index in [0.29, 0.717) is 39.7 Å². The van der Waals surface area contributed by atoms with E-state index in [2.05, 4.69) is 21.2 Å². The van der Waals surface area contributed by atoms with Gasteiger partial charge in [0.05, 0.1) is 11.6 Å². The first-order chi connectivity index (χ1) is 13.5. The normalized spacial score (nSPS) is 10.6. The van der Waals surface area contributed by atoms with Crippen molar-refractivity contribution in [2.75, 3.05) is 12.4 Å². The lowest BCUT2D eigenvalue weighted by Gasteiger charge is -2.15. The Morgan fingerprint density at radius 3 is 2.32 bits per heavy atom. The van der Waals surface area contributed by atoms with Gasteiger partial charge < -0.3 is 14.8 Å². The van der Waals surface area contributed by atoms with E-state index in [0.717, 1.165) is 21.3 Å². The minimum Gasteiger partial charge on any atom is -0.493 e. The zero-order valence-electron chi connectivity index (χ0n) is 14.9. The number of benzene rings is 3. The Morgan fingerprint density at radius 1 is 0.929 bits per heavy atom. The summed E-state index contributed by atoms with van der Waals surface area (Å²) >= 11 is 21.7. The Morgan fingerprint density at radius 2 is 1.64 bits per heavy atom. The van der Waals surface area contributed by atoms with Crippen molar-refractivity contribution in [2.24, 2.45) is 0 Å². The van der Waals surface area contributed by atoms with Gasteiger partial charge in [0.2, 0.25) is 0 Å². The molecular weight excluding hydrogens is 484 g/mol. The quantitative estimate of drug-likeness (QED) is 0.361. The molecule has 3 aromatic rings. The van der Waals surface area contributed by atoms with Gasteiger partial charge in [0.1, 0.15) is 6.61 Å². The molecule has 0 aliphatic carbocycles. The summed E-state index contributed by atoms with van der Waals surface area (Å²) in [7, 11) is 1.61. The van der Waals surface area contributed by atoms with Crippen LogP contribution in [0.4, 0.5) is 5.69 Å². The number of methoxy groups -OCH3 is 1. The van der Waals surface area contributed by atoms with Crippen LogP contribution < -0.4 is 14.8 Å². The highest BCUT2D eigenvalue weighted by atomic mass is 79.9. The topological polar surface area (TPSA) is 30.5 Å². The van der Waals surface area contributed by atoms with Crippen LogP contribution in [0.25, 0.3) is 0 Å². The molecular formula is C21H17BrCl3NO2. The van der Waals surface area contributed by atoms with Gasteiger partial charge in [0, 0.05) is 32.9 Å². The lowest BCUT2D eigenvalue weighted by atomic mass is 10.2. The summed E-state index contributed by atoms with van der Waals surface area (Å²) in [6.07, 6.45) is 0. The highest BCUT2D eigenvalue weighted by molar-refractivity contribution is 9.10. The number of halogens is 4. The second-order valence-corrected chi connectivity index (χ2v) is 8.13. The lowest BCUT2D eigenvalue weighted by molar-refractivity contribution is 0.282. The molecule has 0 heterocycles. The Labute approximate surface area is 187 Å². The van der Waals surface area contributed by atoms with Crippen molar-refractivity contribution in [1.82, 2.24) is 0 Å². The van der Waals surface area contributed by atoms with E-state index in [1.165, 1.54) is 0 Å². The monoisotopic (exact) mass is 499 g/mol. The molecule has 0 aliphatic rings. The fourth-order valence-corrected chi connectivity index (χ4v) is 3.77. The molecule has 0 aromatic heterocycles. The van der Waals surface area contributed by atoms with E-state index in [4.69, 9.17) is 44.3 Å². The maximum Gasteiger partial charge on any atom is 0.175 e. The standard InChI is InChI=1S/C21H17BrCl3NO2/c1-27-20-9-13(11-26-17-6-4-15(23)5-7-17)8-18(22)21(20)28-12-14-2-3-16(24)10-19(14)25/h2-10,26H,11-12H2,1H3. The van der Waals surface area contributed by atoms with Gasteiger partial charge in [-0.2, -0.15) is 0 Å². The molecule has 7 heteroatoms. The van der Waals surface area contributed by atoms with Crippen LogP contribution in [-0.2, 0) is 13.2 Å². The molecule has 0 radical (unpaired) electrons.